The third kappa shape index (κ3) is 2.05. The Morgan fingerprint density at radius 2 is 1.70 bits per heavy atom. The Kier molecular flexibility index (Phi) is 2.88. The maximum atomic E-state index is 12.2. The molecule has 1 aromatic carbocycles. The van der Waals surface area contributed by atoms with E-state index in [1.54, 1.807) is 0 Å². The number of fused-ring (bicyclic) bond motifs is 4. The monoisotopic (exact) mass is 310 g/mol. The molecule has 0 amide bonds. The van der Waals surface area contributed by atoms with Crippen molar-refractivity contribution in [2.45, 2.75) is 69.8 Å². The summed E-state index contributed by atoms with van der Waals surface area (Å²) in [7, 11) is 0. The van der Waals surface area contributed by atoms with Crippen LogP contribution >= 0.6 is 0 Å². The number of rotatable bonds is 0. The van der Waals surface area contributed by atoms with E-state index >= 15 is 0 Å². The van der Waals surface area contributed by atoms with E-state index in [9.17, 15) is 4.79 Å². The molecule has 2 aromatic rings. The molecule has 3 heteroatoms. The predicted molar refractivity (Wildman–Crippen MR) is 89.3 cm³/mol. The molecule has 0 unspecified atom stereocenters. The lowest BCUT2D eigenvalue weighted by Crippen LogP contribution is -2.41. The predicted octanol–water partition coefficient (Wildman–Crippen LogP) is 4.31. The van der Waals surface area contributed by atoms with Gasteiger partial charge in [-0.05, 0) is 75.0 Å². The lowest BCUT2D eigenvalue weighted by atomic mass is 9.79. The Morgan fingerprint density at radius 1 is 0.870 bits per heavy atom. The normalized spacial score (nSPS) is 21.9. The summed E-state index contributed by atoms with van der Waals surface area (Å²) in [5, 5.41) is 1.14. The van der Waals surface area contributed by atoms with E-state index in [2.05, 4.69) is 6.07 Å². The highest BCUT2D eigenvalue weighted by atomic mass is 16.5. The fraction of sp³-hybridized carbons (Fsp3) is 0.550. The second-order valence-corrected chi connectivity index (χ2v) is 7.50. The molecule has 1 aromatic heterocycles. The van der Waals surface area contributed by atoms with E-state index < -0.39 is 0 Å². The van der Waals surface area contributed by atoms with Crippen LogP contribution in [0, 0.1) is 0 Å². The molecule has 0 saturated heterocycles. The minimum absolute atomic E-state index is 0.0376. The molecule has 3 nitrogen and oxygen atoms in total. The van der Waals surface area contributed by atoms with Crippen LogP contribution in [-0.2, 0) is 19.3 Å². The van der Waals surface area contributed by atoms with Gasteiger partial charge in [-0.1, -0.05) is 6.42 Å². The van der Waals surface area contributed by atoms with E-state index in [1.165, 1.54) is 43.2 Å². The van der Waals surface area contributed by atoms with Gasteiger partial charge in [-0.25, -0.2) is 4.79 Å². The van der Waals surface area contributed by atoms with Gasteiger partial charge in [0.05, 0.1) is 0 Å². The van der Waals surface area contributed by atoms with Crippen molar-refractivity contribution in [3.05, 3.63) is 39.2 Å². The van der Waals surface area contributed by atoms with Gasteiger partial charge in [0.2, 0.25) is 0 Å². The molecule has 1 aliphatic heterocycles. The summed E-state index contributed by atoms with van der Waals surface area (Å²) in [5.74, 6) is 0.951. The second kappa shape index (κ2) is 4.86. The summed E-state index contributed by atoms with van der Waals surface area (Å²) in [6.45, 7) is 0. The SMILES string of the molecule is O=c1oc2cc3c(cc2c2c1CCC2)CCC1(CCCCC1)O3. The highest BCUT2D eigenvalue weighted by molar-refractivity contribution is 5.84. The van der Waals surface area contributed by atoms with Crippen molar-refractivity contribution in [2.75, 3.05) is 0 Å². The highest BCUT2D eigenvalue weighted by Gasteiger charge is 2.37. The molecular formula is C20H22O3. The van der Waals surface area contributed by atoms with E-state index in [1.807, 2.05) is 6.07 Å². The van der Waals surface area contributed by atoms with Crippen LogP contribution in [0.2, 0.25) is 0 Å². The Balaban J connectivity index is 1.64. The first kappa shape index (κ1) is 13.6. The smallest absolute Gasteiger partial charge is 0.339 e. The zero-order valence-corrected chi connectivity index (χ0v) is 13.5. The van der Waals surface area contributed by atoms with Crippen molar-refractivity contribution in [1.82, 2.24) is 0 Å². The maximum absolute atomic E-state index is 12.2. The van der Waals surface area contributed by atoms with Gasteiger partial charge in [-0.15, -0.1) is 0 Å². The lowest BCUT2D eigenvalue weighted by Gasteiger charge is -2.41. The molecule has 23 heavy (non-hydrogen) atoms. The largest absolute Gasteiger partial charge is 0.487 e. The number of hydrogen-bond acceptors (Lipinski definition) is 3. The van der Waals surface area contributed by atoms with Crippen LogP contribution in [0.3, 0.4) is 0 Å². The Bertz CT molecular complexity index is 840. The minimum Gasteiger partial charge on any atom is -0.487 e. The molecule has 2 heterocycles. The Morgan fingerprint density at radius 3 is 2.57 bits per heavy atom. The zero-order valence-electron chi connectivity index (χ0n) is 13.5. The molecule has 120 valence electrons. The van der Waals surface area contributed by atoms with E-state index in [0.29, 0.717) is 5.58 Å². The van der Waals surface area contributed by atoms with Crippen LogP contribution in [-0.4, -0.2) is 5.60 Å². The molecular weight excluding hydrogens is 288 g/mol. The highest BCUT2D eigenvalue weighted by Crippen LogP contribution is 2.43. The van der Waals surface area contributed by atoms with E-state index in [0.717, 1.165) is 48.8 Å². The molecule has 2 aliphatic carbocycles. The average molecular weight is 310 g/mol. The van der Waals surface area contributed by atoms with Crippen molar-refractivity contribution >= 4 is 11.0 Å². The first-order valence-electron chi connectivity index (χ1n) is 9.05. The van der Waals surface area contributed by atoms with Gasteiger partial charge in [-0.3, -0.25) is 0 Å². The number of aryl methyl sites for hydroxylation is 2. The molecule has 0 N–H and O–H groups in total. The summed E-state index contributed by atoms with van der Waals surface area (Å²) in [5.41, 5.74) is 4.01. The maximum Gasteiger partial charge on any atom is 0.339 e. The van der Waals surface area contributed by atoms with Gasteiger partial charge in [0, 0.05) is 17.0 Å². The van der Waals surface area contributed by atoms with Gasteiger partial charge in [-0.2, -0.15) is 0 Å². The fourth-order valence-electron chi connectivity index (χ4n) is 4.84. The molecule has 1 saturated carbocycles. The van der Waals surface area contributed by atoms with Crippen LogP contribution in [0.4, 0.5) is 0 Å². The first-order chi connectivity index (χ1) is 11.2. The summed E-state index contributed by atoms with van der Waals surface area (Å²) < 4.78 is 12.1. The molecule has 1 spiro atoms. The van der Waals surface area contributed by atoms with Crippen molar-refractivity contribution in [2.24, 2.45) is 0 Å². The van der Waals surface area contributed by atoms with Crippen LogP contribution in [0.1, 0.15) is 61.6 Å². The number of benzene rings is 1. The third-order valence-corrected chi connectivity index (χ3v) is 6.10. The van der Waals surface area contributed by atoms with E-state index in [4.69, 9.17) is 9.15 Å². The second-order valence-electron chi connectivity index (χ2n) is 7.50. The van der Waals surface area contributed by atoms with Crippen molar-refractivity contribution < 1.29 is 9.15 Å². The van der Waals surface area contributed by atoms with Crippen molar-refractivity contribution in [3.63, 3.8) is 0 Å². The standard InChI is InChI=1S/C20H22O3/c21-19-15-6-4-5-14(15)16-11-13-7-10-20(8-2-1-3-9-20)23-17(13)12-18(16)22-19/h11-12H,1-10H2. The minimum atomic E-state index is -0.145. The van der Waals surface area contributed by atoms with Crippen LogP contribution in [0.15, 0.2) is 21.3 Å². The van der Waals surface area contributed by atoms with Crippen molar-refractivity contribution in [1.29, 1.82) is 0 Å². The van der Waals surface area contributed by atoms with E-state index in [-0.39, 0.29) is 11.2 Å². The van der Waals surface area contributed by atoms with Crippen LogP contribution < -0.4 is 10.4 Å². The summed E-state index contributed by atoms with van der Waals surface area (Å²) in [4.78, 5) is 12.2. The number of ether oxygens (including phenoxy) is 1. The van der Waals surface area contributed by atoms with Gasteiger partial charge in [0.25, 0.3) is 0 Å². The first-order valence-corrected chi connectivity index (χ1v) is 9.05. The average Bonchev–Trinajstić information content (AvgIpc) is 3.05. The molecule has 0 bridgehead atoms. The van der Waals surface area contributed by atoms with Gasteiger partial charge < -0.3 is 9.15 Å². The Hall–Kier alpha value is -1.77. The van der Waals surface area contributed by atoms with Crippen molar-refractivity contribution in [3.8, 4) is 5.75 Å². The molecule has 1 fully saturated rings. The summed E-state index contributed by atoms with van der Waals surface area (Å²) >= 11 is 0. The van der Waals surface area contributed by atoms with Gasteiger partial charge in [0.1, 0.15) is 16.9 Å². The zero-order chi connectivity index (χ0) is 15.4. The topological polar surface area (TPSA) is 39.4 Å². The quantitative estimate of drug-likeness (QED) is 0.681. The molecule has 0 radical (unpaired) electrons. The lowest BCUT2D eigenvalue weighted by molar-refractivity contribution is 0.0109. The molecule has 5 rings (SSSR count). The molecule has 3 aliphatic rings. The third-order valence-electron chi connectivity index (χ3n) is 6.10. The van der Waals surface area contributed by atoms with Gasteiger partial charge >= 0.3 is 5.63 Å². The van der Waals surface area contributed by atoms with Gasteiger partial charge in [0.15, 0.2) is 0 Å². The summed E-state index contributed by atoms with van der Waals surface area (Å²) in [6, 6.07) is 4.22. The Labute approximate surface area is 135 Å². The van der Waals surface area contributed by atoms with Crippen LogP contribution in [0.5, 0.6) is 5.75 Å². The fourth-order valence-corrected chi connectivity index (χ4v) is 4.84. The number of hydrogen-bond donors (Lipinski definition) is 0. The van der Waals surface area contributed by atoms with Crippen LogP contribution in [0.25, 0.3) is 11.0 Å². The molecule has 0 atom stereocenters. The summed E-state index contributed by atoms with van der Waals surface area (Å²) in [6.07, 6.45) is 11.3.